The lowest BCUT2D eigenvalue weighted by Gasteiger charge is -2.07. The molecule has 0 radical (unpaired) electrons. The molecule has 0 saturated heterocycles. The molecule has 26 heavy (non-hydrogen) atoms. The van der Waals surface area contributed by atoms with Gasteiger partial charge in [0.1, 0.15) is 5.69 Å². The van der Waals surface area contributed by atoms with Crippen LogP contribution in [0.2, 0.25) is 0 Å². The minimum absolute atomic E-state index is 0.0545. The standard InChI is InChI=1S/C17H14N6O2S/c1-11(13-10-21-6-7-26-16(21)18-13)23-9-12(19-20-23)8-22-14-4-2-3-5-15(14)25-17(22)24/h2-7,9-11H,8H2,1H3. The second kappa shape index (κ2) is 5.67. The fraction of sp³-hybridized carbons (Fsp3) is 0.176. The summed E-state index contributed by atoms with van der Waals surface area (Å²) in [5.74, 6) is -0.400. The molecule has 0 aliphatic carbocycles. The molecule has 0 aliphatic heterocycles. The van der Waals surface area contributed by atoms with Crippen molar-refractivity contribution in [3.8, 4) is 0 Å². The molecule has 130 valence electrons. The summed E-state index contributed by atoms with van der Waals surface area (Å²) in [6.45, 7) is 2.32. The molecule has 1 aromatic carbocycles. The number of aromatic nitrogens is 6. The van der Waals surface area contributed by atoms with E-state index < -0.39 is 5.76 Å². The smallest absolute Gasteiger partial charge is 0.408 e. The molecule has 0 amide bonds. The van der Waals surface area contributed by atoms with Crippen molar-refractivity contribution in [3.05, 3.63) is 70.2 Å². The predicted molar refractivity (Wildman–Crippen MR) is 96.5 cm³/mol. The Labute approximate surface area is 150 Å². The second-order valence-corrected chi connectivity index (χ2v) is 6.92. The summed E-state index contributed by atoms with van der Waals surface area (Å²) in [6, 6.07) is 7.28. The van der Waals surface area contributed by atoms with E-state index in [2.05, 4.69) is 15.3 Å². The van der Waals surface area contributed by atoms with Gasteiger partial charge in [-0.25, -0.2) is 14.5 Å². The molecule has 1 unspecified atom stereocenters. The first-order chi connectivity index (χ1) is 12.7. The third kappa shape index (κ3) is 2.36. The van der Waals surface area contributed by atoms with Gasteiger partial charge in [-0.2, -0.15) is 0 Å². The van der Waals surface area contributed by atoms with Gasteiger partial charge in [0.2, 0.25) is 0 Å². The first-order valence-corrected chi connectivity index (χ1v) is 8.98. The fourth-order valence-electron chi connectivity index (χ4n) is 2.98. The molecular formula is C17H14N6O2S. The van der Waals surface area contributed by atoms with E-state index in [1.54, 1.807) is 26.7 Å². The van der Waals surface area contributed by atoms with Crippen LogP contribution in [0.15, 0.2) is 57.4 Å². The van der Waals surface area contributed by atoms with Crippen LogP contribution in [0.25, 0.3) is 16.1 Å². The van der Waals surface area contributed by atoms with Crippen molar-refractivity contribution in [2.24, 2.45) is 0 Å². The number of oxazole rings is 1. The van der Waals surface area contributed by atoms with E-state index >= 15 is 0 Å². The monoisotopic (exact) mass is 366 g/mol. The number of rotatable bonds is 4. The Morgan fingerprint density at radius 3 is 3.04 bits per heavy atom. The molecule has 5 rings (SSSR count). The van der Waals surface area contributed by atoms with Crippen LogP contribution in [-0.4, -0.2) is 28.9 Å². The van der Waals surface area contributed by atoms with E-state index in [0.717, 1.165) is 16.2 Å². The Kier molecular flexibility index (Phi) is 3.29. The molecule has 4 heterocycles. The van der Waals surface area contributed by atoms with Gasteiger partial charge in [0.05, 0.1) is 30.0 Å². The predicted octanol–water partition coefficient (Wildman–Crippen LogP) is 2.55. The van der Waals surface area contributed by atoms with Gasteiger partial charge >= 0.3 is 5.76 Å². The quantitative estimate of drug-likeness (QED) is 0.488. The number of imidazole rings is 1. The average Bonchev–Trinajstić information content (AvgIpc) is 3.38. The average molecular weight is 366 g/mol. The molecule has 0 bridgehead atoms. The highest BCUT2D eigenvalue weighted by molar-refractivity contribution is 7.15. The molecule has 0 fully saturated rings. The first kappa shape index (κ1) is 15.1. The zero-order chi connectivity index (χ0) is 17.7. The number of hydrogen-bond acceptors (Lipinski definition) is 6. The van der Waals surface area contributed by atoms with Gasteiger partial charge in [0, 0.05) is 17.8 Å². The van der Waals surface area contributed by atoms with Crippen LogP contribution >= 0.6 is 11.3 Å². The number of thiazole rings is 1. The van der Waals surface area contributed by atoms with Gasteiger partial charge in [-0.3, -0.25) is 8.97 Å². The molecule has 9 heteroatoms. The number of hydrogen-bond donors (Lipinski definition) is 0. The third-order valence-electron chi connectivity index (χ3n) is 4.39. The second-order valence-electron chi connectivity index (χ2n) is 6.05. The van der Waals surface area contributed by atoms with E-state index in [9.17, 15) is 4.79 Å². The Morgan fingerprint density at radius 1 is 1.27 bits per heavy atom. The van der Waals surface area contributed by atoms with Crippen LogP contribution in [0, 0.1) is 0 Å². The summed E-state index contributed by atoms with van der Waals surface area (Å²) in [7, 11) is 0. The summed E-state index contributed by atoms with van der Waals surface area (Å²) in [5.41, 5.74) is 2.91. The van der Waals surface area contributed by atoms with Crippen molar-refractivity contribution in [1.82, 2.24) is 28.9 Å². The Bertz CT molecular complexity index is 1240. The summed E-state index contributed by atoms with van der Waals surface area (Å²) in [5, 5.41) is 10.4. The highest BCUT2D eigenvalue weighted by Gasteiger charge is 2.16. The fourth-order valence-corrected chi connectivity index (χ4v) is 3.69. The van der Waals surface area contributed by atoms with Crippen molar-refractivity contribution in [2.45, 2.75) is 19.5 Å². The van der Waals surface area contributed by atoms with Crippen molar-refractivity contribution in [3.63, 3.8) is 0 Å². The van der Waals surface area contributed by atoms with Gasteiger partial charge in [0.25, 0.3) is 0 Å². The lowest BCUT2D eigenvalue weighted by Crippen LogP contribution is -2.15. The Morgan fingerprint density at radius 2 is 2.15 bits per heavy atom. The molecular weight excluding hydrogens is 352 g/mol. The number of nitrogens with zero attached hydrogens (tertiary/aromatic N) is 6. The molecule has 1 atom stereocenters. The molecule has 5 aromatic rings. The molecule has 0 saturated carbocycles. The van der Waals surface area contributed by atoms with E-state index in [1.165, 1.54) is 0 Å². The van der Waals surface area contributed by atoms with E-state index in [4.69, 9.17) is 4.42 Å². The van der Waals surface area contributed by atoms with E-state index in [0.29, 0.717) is 17.8 Å². The Balaban J connectivity index is 1.45. The topological polar surface area (TPSA) is 83.2 Å². The largest absolute Gasteiger partial charge is 0.420 e. The van der Waals surface area contributed by atoms with Crippen molar-refractivity contribution in [2.75, 3.05) is 0 Å². The summed E-state index contributed by atoms with van der Waals surface area (Å²) < 4.78 is 10.6. The minimum atomic E-state index is -0.400. The van der Waals surface area contributed by atoms with Gasteiger partial charge in [-0.15, -0.1) is 16.4 Å². The highest BCUT2D eigenvalue weighted by atomic mass is 32.1. The highest BCUT2D eigenvalue weighted by Crippen LogP contribution is 2.20. The molecule has 0 spiro atoms. The van der Waals surface area contributed by atoms with Gasteiger partial charge < -0.3 is 4.42 Å². The third-order valence-corrected chi connectivity index (χ3v) is 5.16. The maximum Gasteiger partial charge on any atom is 0.420 e. The lowest BCUT2D eigenvalue weighted by molar-refractivity contribution is 0.516. The normalized spacial score (nSPS) is 13.0. The number of para-hydroxylation sites is 2. The van der Waals surface area contributed by atoms with Crippen LogP contribution in [-0.2, 0) is 6.54 Å². The number of benzene rings is 1. The molecule has 4 aromatic heterocycles. The zero-order valence-corrected chi connectivity index (χ0v) is 14.6. The van der Waals surface area contributed by atoms with Crippen LogP contribution in [0.3, 0.4) is 0 Å². The molecule has 0 aliphatic rings. The molecule has 0 N–H and O–H groups in total. The van der Waals surface area contributed by atoms with Crippen LogP contribution in [0.4, 0.5) is 0 Å². The van der Waals surface area contributed by atoms with Crippen LogP contribution < -0.4 is 5.76 Å². The van der Waals surface area contributed by atoms with Crippen LogP contribution in [0.5, 0.6) is 0 Å². The van der Waals surface area contributed by atoms with Gasteiger partial charge in [-0.1, -0.05) is 17.3 Å². The molecule has 8 nitrogen and oxygen atoms in total. The SMILES string of the molecule is CC(c1cn2ccsc2n1)n1cc(Cn2c(=O)oc3ccccc32)nn1. The maximum absolute atomic E-state index is 12.1. The minimum Gasteiger partial charge on any atom is -0.408 e. The number of fused-ring (bicyclic) bond motifs is 2. The summed E-state index contributed by atoms with van der Waals surface area (Å²) in [6.07, 6.45) is 5.81. The first-order valence-electron chi connectivity index (χ1n) is 8.10. The Hall–Kier alpha value is -3.20. The van der Waals surface area contributed by atoms with Crippen molar-refractivity contribution in [1.29, 1.82) is 0 Å². The van der Waals surface area contributed by atoms with Gasteiger partial charge in [0.15, 0.2) is 10.5 Å². The van der Waals surface area contributed by atoms with E-state index in [1.807, 2.05) is 53.5 Å². The zero-order valence-electron chi connectivity index (χ0n) is 13.8. The van der Waals surface area contributed by atoms with Crippen LogP contribution in [0.1, 0.15) is 24.4 Å². The van der Waals surface area contributed by atoms with Gasteiger partial charge in [-0.05, 0) is 19.1 Å². The van der Waals surface area contributed by atoms with Crippen molar-refractivity contribution < 1.29 is 4.42 Å². The van der Waals surface area contributed by atoms with Crippen molar-refractivity contribution >= 4 is 27.4 Å². The lowest BCUT2D eigenvalue weighted by atomic mass is 10.2. The summed E-state index contributed by atoms with van der Waals surface area (Å²) >= 11 is 1.59. The van der Waals surface area contributed by atoms with E-state index in [-0.39, 0.29) is 6.04 Å². The summed E-state index contributed by atoms with van der Waals surface area (Å²) in [4.78, 5) is 17.7. The maximum atomic E-state index is 12.1.